The number of benzene rings is 1. The van der Waals surface area contributed by atoms with Crippen LogP contribution in [-0.2, 0) is 14.3 Å². The van der Waals surface area contributed by atoms with Crippen LogP contribution >= 0.6 is 11.3 Å². The minimum absolute atomic E-state index is 0.0108. The van der Waals surface area contributed by atoms with Gasteiger partial charge in [-0.2, -0.15) is 8.78 Å². The number of anilines is 1. The maximum Gasteiger partial charge on any atom is 0.387 e. The number of carbonyl (C=O) groups excluding carboxylic acids is 3. The first kappa shape index (κ1) is 20.3. The van der Waals surface area contributed by atoms with E-state index in [0.717, 1.165) is 0 Å². The van der Waals surface area contributed by atoms with Crippen LogP contribution in [0.4, 0.5) is 14.5 Å². The molecule has 1 atom stereocenters. The van der Waals surface area contributed by atoms with Crippen molar-refractivity contribution in [2.45, 2.75) is 19.6 Å². The fourth-order valence-corrected chi connectivity index (χ4v) is 2.58. The first-order valence-corrected chi connectivity index (χ1v) is 8.60. The molecule has 27 heavy (non-hydrogen) atoms. The lowest BCUT2D eigenvalue weighted by molar-refractivity contribution is -0.152. The van der Waals surface area contributed by atoms with E-state index in [0.29, 0.717) is 4.88 Å². The summed E-state index contributed by atoms with van der Waals surface area (Å²) in [4.78, 5) is 36.0. The molecule has 0 radical (unpaired) electrons. The summed E-state index contributed by atoms with van der Waals surface area (Å²) in [5, 5.41) is 6.44. The molecule has 0 unspecified atom stereocenters. The Kier molecular flexibility index (Phi) is 7.24. The molecule has 2 rings (SSSR count). The van der Waals surface area contributed by atoms with E-state index in [1.807, 2.05) is 0 Å². The summed E-state index contributed by atoms with van der Waals surface area (Å²) >= 11 is 1.21. The SMILES string of the molecule is C[C@@H](OC(=O)CNC(=O)c1cccs1)C(=O)Nc1ccccc1OC(F)F. The number of hydrogen-bond donors (Lipinski definition) is 2. The standard InChI is InChI=1S/C17H16F2N2O5S/c1-10(25-14(22)9-20-16(24)13-7-4-8-27-13)15(23)21-11-5-2-3-6-12(11)26-17(18)19/h2-8,10,17H,9H2,1H3,(H,20,24)(H,21,23)/t10-/m1/s1. The van der Waals surface area contributed by atoms with Crippen molar-refractivity contribution in [1.29, 1.82) is 0 Å². The highest BCUT2D eigenvalue weighted by Crippen LogP contribution is 2.25. The second-order valence-corrected chi connectivity index (χ2v) is 6.10. The smallest absolute Gasteiger partial charge is 0.387 e. The van der Waals surface area contributed by atoms with Gasteiger partial charge in [-0.05, 0) is 30.5 Å². The number of thiophene rings is 1. The lowest BCUT2D eigenvalue weighted by Crippen LogP contribution is -2.35. The molecule has 1 aromatic carbocycles. The molecule has 7 nitrogen and oxygen atoms in total. The number of esters is 1. The molecule has 0 saturated carbocycles. The predicted octanol–water partition coefficient (Wildman–Crippen LogP) is 2.65. The highest BCUT2D eigenvalue weighted by atomic mass is 32.1. The Hall–Kier alpha value is -3.01. The molecule has 0 aliphatic heterocycles. The average Bonchev–Trinajstić information content (AvgIpc) is 3.15. The van der Waals surface area contributed by atoms with Crippen LogP contribution in [0.3, 0.4) is 0 Å². The number of hydrogen-bond acceptors (Lipinski definition) is 6. The normalized spacial score (nSPS) is 11.6. The van der Waals surface area contributed by atoms with Gasteiger partial charge < -0.3 is 20.1 Å². The molecular formula is C17H16F2N2O5S. The van der Waals surface area contributed by atoms with Crippen molar-refractivity contribution in [1.82, 2.24) is 5.32 Å². The molecule has 1 heterocycles. The van der Waals surface area contributed by atoms with E-state index in [1.54, 1.807) is 17.5 Å². The number of ether oxygens (including phenoxy) is 2. The van der Waals surface area contributed by atoms with Crippen molar-refractivity contribution in [2.75, 3.05) is 11.9 Å². The van der Waals surface area contributed by atoms with E-state index in [4.69, 9.17) is 4.74 Å². The van der Waals surface area contributed by atoms with Crippen molar-refractivity contribution < 1.29 is 32.6 Å². The monoisotopic (exact) mass is 398 g/mol. The first-order valence-electron chi connectivity index (χ1n) is 7.72. The van der Waals surface area contributed by atoms with Crippen molar-refractivity contribution in [3.63, 3.8) is 0 Å². The summed E-state index contributed by atoms with van der Waals surface area (Å²) in [5.41, 5.74) is 0.0108. The van der Waals surface area contributed by atoms with Crippen LogP contribution in [0.2, 0.25) is 0 Å². The van der Waals surface area contributed by atoms with E-state index in [2.05, 4.69) is 15.4 Å². The molecule has 0 saturated heterocycles. The Morgan fingerprint density at radius 1 is 1.15 bits per heavy atom. The van der Waals surface area contributed by atoms with Crippen molar-refractivity contribution >= 4 is 34.8 Å². The second-order valence-electron chi connectivity index (χ2n) is 5.16. The molecule has 10 heteroatoms. The predicted molar refractivity (Wildman–Crippen MR) is 93.9 cm³/mol. The van der Waals surface area contributed by atoms with Crippen molar-refractivity contribution in [3.05, 3.63) is 46.7 Å². The summed E-state index contributed by atoms with van der Waals surface area (Å²) in [6.07, 6.45) is -1.21. The Morgan fingerprint density at radius 2 is 1.89 bits per heavy atom. The zero-order valence-corrected chi connectivity index (χ0v) is 14.9. The minimum Gasteiger partial charge on any atom is -0.451 e. The molecule has 144 valence electrons. The van der Waals surface area contributed by atoms with Crippen molar-refractivity contribution in [2.24, 2.45) is 0 Å². The summed E-state index contributed by atoms with van der Waals surface area (Å²) < 4.78 is 34.0. The van der Waals surface area contributed by atoms with Gasteiger partial charge in [0.1, 0.15) is 12.3 Å². The number of rotatable bonds is 8. The van der Waals surface area contributed by atoms with E-state index in [9.17, 15) is 23.2 Å². The van der Waals surface area contributed by atoms with Gasteiger partial charge in [-0.15, -0.1) is 11.3 Å². The molecule has 2 N–H and O–H groups in total. The summed E-state index contributed by atoms with van der Waals surface area (Å²) in [7, 11) is 0. The number of carbonyl (C=O) groups is 3. The third-order valence-corrected chi connectivity index (χ3v) is 4.05. The molecule has 1 aromatic heterocycles. The highest BCUT2D eigenvalue weighted by molar-refractivity contribution is 7.12. The van der Waals surface area contributed by atoms with Gasteiger partial charge in [0.2, 0.25) is 0 Å². The molecule has 0 fully saturated rings. The lowest BCUT2D eigenvalue weighted by atomic mass is 10.2. The Bertz CT molecular complexity index is 798. The van der Waals surface area contributed by atoms with Gasteiger partial charge in [-0.25, -0.2) is 0 Å². The van der Waals surface area contributed by atoms with Crippen LogP contribution in [0.5, 0.6) is 5.75 Å². The second kappa shape index (κ2) is 9.62. The fraction of sp³-hybridized carbons (Fsp3) is 0.235. The maximum atomic E-state index is 12.4. The number of amides is 2. The van der Waals surface area contributed by atoms with E-state index in [1.165, 1.54) is 42.5 Å². The van der Waals surface area contributed by atoms with E-state index in [-0.39, 0.29) is 11.4 Å². The molecule has 2 aromatic rings. The number of nitrogens with one attached hydrogen (secondary N) is 2. The van der Waals surface area contributed by atoms with Gasteiger partial charge in [0, 0.05) is 0 Å². The summed E-state index contributed by atoms with van der Waals surface area (Å²) in [6, 6.07) is 8.90. The molecule has 2 amide bonds. The fourth-order valence-electron chi connectivity index (χ4n) is 1.94. The Balaban J connectivity index is 1.84. The Labute approximate surface area is 157 Å². The molecule has 0 aliphatic carbocycles. The lowest BCUT2D eigenvalue weighted by Gasteiger charge is -2.15. The van der Waals surface area contributed by atoms with Crippen LogP contribution in [0.15, 0.2) is 41.8 Å². The minimum atomic E-state index is -3.05. The van der Waals surface area contributed by atoms with Crippen LogP contribution in [0.1, 0.15) is 16.6 Å². The topological polar surface area (TPSA) is 93.7 Å². The van der Waals surface area contributed by atoms with Gasteiger partial charge in [0.15, 0.2) is 6.10 Å². The van der Waals surface area contributed by atoms with Gasteiger partial charge in [0.25, 0.3) is 11.8 Å². The number of halogens is 2. The third kappa shape index (κ3) is 6.33. The van der Waals surface area contributed by atoms with Crippen LogP contribution in [0, 0.1) is 0 Å². The zero-order valence-electron chi connectivity index (χ0n) is 14.1. The van der Waals surface area contributed by atoms with Crippen LogP contribution in [-0.4, -0.2) is 37.0 Å². The van der Waals surface area contributed by atoms with Gasteiger partial charge in [-0.3, -0.25) is 14.4 Å². The van der Waals surface area contributed by atoms with Crippen LogP contribution < -0.4 is 15.4 Å². The third-order valence-electron chi connectivity index (χ3n) is 3.18. The van der Waals surface area contributed by atoms with Gasteiger partial charge >= 0.3 is 12.6 Å². The first-order chi connectivity index (χ1) is 12.9. The Morgan fingerprint density at radius 3 is 2.56 bits per heavy atom. The summed E-state index contributed by atoms with van der Waals surface area (Å²) in [6.45, 7) is -2.16. The van der Waals surface area contributed by atoms with Gasteiger partial charge in [0.05, 0.1) is 10.6 Å². The zero-order chi connectivity index (χ0) is 19.8. The largest absolute Gasteiger partial charge is 0.451 e. The molecule has 0 aliphatic rings. The van der Waals surface area contributed by atoms with E-state index >= 15 is 0 Å². The van der Waals surface area contributed by atoms with Crippen molar-refractivity contribution in [3.8, 4) is 5.75 Å². The molecule has 0 spiro atoms. The molecular weight excluding hydrogens is 382 g/mol. The summed E-state index contributed by atoms with van der Waals surface area (Å²) in [5.74, 6) is -2.21. The quantitative estimate of drug-likeness (QED) is 0.667. The number of alkyl halides is 2. The maximum absolute atomic E-state index is 12.4. The average molecular weight is 398 g/mol. The number of para-hydroxylation sites is 2. The van der Waals surface area contributed by atoms with E-state index < -0.39 is 37.0 Å². The van der Waals surface area contributed by atoms with Crippen LogP contribution in [0.25, 0.3) is 0 Å². The highest BCUT2D eigenvalue weighted by Gasteiger charge is 2.20. The molecule has 0 bridgehead atoms. The van der Waals surface area contributed by atoms with Gasteiger partial charge in [-0.1, -0.05) is 18.2 Å².